The lowest BCUT2D eigenvalue weighted by atomic mass is 10.1. The van der Waals surface area contributed by atoms with Gasteiger partial charge in [0, 0.05) is 43.0 Å². The number of carbonyl (C=O) groups is 1. The van der Waals surface area contributed by atoms with Crippen LogP contribution in [0.2, 0.25) is 5.02 Å². The Morgan fingerprint density at radius 1 is 1.32 bits per heavy atom. The fraction of sp³-hybridized carbons (Fsp3) is 0.294. The molecule has 4 nitrogen and oxygen atoms in total. The summed E-state index contributed by atoms with van der Waals surface area (Å²) >= 11 is 5.86. The lowest BCUT2D eigenvalue weighted by molar-refractivity contribution is -0.125. The predicted octanol–water partition coefficient (Wildman–Crippen LogP) is 3.36. The van der Waals surface area contributed by atoms with Crippen LogP contribution in [0.4, 0.5) is 0 Å². The van der Waals surface area contributed by atoms with Crippen molar-refractivity contribution in [3.8, 4) is 0 Å². The second-order valence-electron chi connectivity index (χ2n) is 5.36. The zero-order valence-electron chi connectivity index (χ0n) is 13.3. The molecular weight excluding hydrogens is 298 g/mol. The number of rotatable bonds is 4. The Labute approximate surface area is 136 Å². The third-order valence-electron chi connectivity index (χ3n) is 3.67. The number of likely N-dealkylation sites (N-methyl/N-ethyl adjacent to an activating group) is 1. The molecule has 0 aliphatic carbocycles. The number of carbonyl (C=O) groups excluding carboxylic acids is 1. The molecule has 0 aliphatic heterocycles. The van der Waals surface area contributed by atoms with Crippen LogP contribution in [0.1, 0.15) is 22.5 Å². The van der Waals surface area contributed by atoms with Crippen molar-refractivity contribution in [3.63, 3.8) is 0 Å². The molecule has 0 radical (unpaired) electrons. The Morgan fingerprint density at radius 3 is 2.50 bits per heavy atom. The molecule has 0 spiro atoms. The summed E-state index contributed by atoms with van der Waals surface area (Å²) in [6.45, 7) is 4.47. The van der Waals surface area contributed by atoms with Crippen molar-refractivity contribution in [1.82, 2.24) is 14.7 Å². The van der Waals surface area contributed by atoms with E-state index in [0.29, 0.717) is 11.6 Å². The average molecular weight is 318 g/mol. The molecule has 1 heterocycles. The van der Waals surface area contributed by atoms with Gasteiger partial charge < -0.3 is 4.90 Å². The molecule has 2 rings (SSSR count). The fourth-order valence-electron chi connectivity index (χ4n) is 2.25. The van der Waals surface area contributed by atoms with Gasteiger partial charge in [-0.3, -0.25) is 9.48 Å². The zero-order chi connectivity index (χ0) is 16.3. The van der Waals surface area contributed by atoms with Crippen LogP contribution in [-0.2, 0) is 18.4 Å². The van der Waals surface area contributed by atoms with Crippen molar-refractivity contribution >= 4 is 23.6 Å². The van der Waals surface area contributed by atoms with Crippen molar-refractivity contribution in [2.75, 3.05) is 7.05 Å². The highest BCUT2D eigenvalue weighted by atomic mass is 35.5. The molecule has 22 heavy (non-hydrogen) atoms. The van der Waals surface area contributed by atoms with Crippen LogP contribution in [0.3, 0.4) is 0 Å². The number of halogens is 1. The summed E-state index contributed by atoms with van der Waals surface area (Å²) in [5.74, 6) is -0.0439. The summed E-state index contributed by atoms with van der Waals surface area (Å²) in [4.78, 5) is 13.9. The summed E-state index contributed by atoms with van der Waals surface area (Å²) in [5, 5.41) is 5.03. The third kappa shape index (κ3) is 3.77. The zero-order valence-corrected chi connectivity index (χ0v) is 14.1. The van der Waals surface area contributed by atoms with Gasteiger partial charge in [0.1, 0.15) is 0 Å². The molecular formula is C17H20ClN3O. The van der Waals surface area contributed by atoms with Gasteiger partial charge in [-0.15, -0.1) is 0 Å². The lowest BCUT2D eigenvalue weighted by Gasteiger charge is -2.15. The summed E-state index contributed by atoms with van der Waals surface area (Å²) in [5.41, 5.74) is 4.00. The third-order valence-corrected chi connectivity index (χ3v) is 3.92. The average Bonchev–Trinajstić information content (AvgIpc) is 2.72. The van der Waals surface area contributed by atoms with Gasteiger partial charge in [0.2, 0.25) is 5.91 Å². The Bertz CT molecular complexity index is 701. The normalized spacial score (nSPS) is 11.1. The van der Waals surface area contributed by atoms with Crippen LogP contribution in [0.25, 0.3) is 6.08 Å². The molecule has 0 saturated heterocycles. The van der Waals surface area contributed by atoms with Gasteiger partial charge in [-0.2, -0.15) is 5.10 Å². The number of amides is 1. The maximum Gasteiger partial charge on any atom is 0.246 e. The second-order valence-corrected chi connectivity index (χ2v) is 5.80. The molecule has 2 aromatic rings. The van der Waals surface area contributed by atoms with Gasteiger partial charge in [-0.1, -0.05) is 23.7 Å². The fourth-order valence-corrected chi connectivity index (χ4v) is 2.38. The first-order chi connectivity index (χ1) is 10.4. The van der Waals surface area contributed by atoms with Crippen molar-refractivity contribution in [1.29, 1.82) is 0 Å². The van der Waals surface area contributed by atoms with E-state index >= 15 is 0 Å². The molecule has 0 bridgehead atoms. The molecule has 5 heteroatoms. The minimum absolute atomic E-state index is 0.0439. The molecule has 1 amide bonds. The summed E-state index contributed by atoms with van der Waals surface area (Å²) < 4.78 is 1.82. The Balaban J connectivity index is 2.04. The molecule has 0 saturated carbocycles. The number of hydrogen-bond donors (Lipinski definition) is 0. The molecule has 0 unspecified atom stereocenters. The van der Waals surface area contributed by atoms with Crippen molar-refractivity contribution < 1.29 is 4.79 Å². The monoisotopic (exact) mass is 317 g/mol. The summed E-state index contributed by atoms with van der Waals surface area (Å²) in [6.07, 6.45) is 3.42. The number of aryl methyl sites for hydroxylation is 2. The molecule has 0 N–H and O–H groups in total. The summed E-state index contributed by atoms with van der Waals surface area (Å²) in [7, 11) is 3.68. The topological polar surface area (TPSA) is 38.1 Å². The number of aromatic nitrogens is 2. The maximum atomic E-state index is 12.2. The number of hydrogen-bond acceptors (Lipinski definition) is 2. The van der Waals surface area contributed by atoms with Crippen LogP contribution in [0.15, 0.2) is 30.3 Å². The quantitative estimate of drug-likeness (QED) is 0.811. The minimum atomic E-state index is -0.0439. The van der Waals surface area contributed by atoms with Gasteiger partial charge in [0.25, 0.3) is 0 Å². The van der Waals surface area contributed by atoms with E-state index in [4.69, 9.17) is 11.6 Å². The highest BCUT2D eigenvalue weighted by Crippen LogP contribution is 2.14. The van der Waals surface area contributed by atoms with E-state index in [0.717, 1.165) is 22.5 Å². The van der Waals surface area contributed by atoms with Crippen LogP contribution in [0, 0.1) is 13.8 Å². The maximum absolute atomic E-state index is 12.2. The van der Waals surface area contributed by atoms with Crippen LogP contribution < -0.4 is 0 Å². The Morgan fingerprint density at radius 2 is 1.95 bits per heavy atom. The molecule has 0 atom stereocenters. The number of nitrogens with zero attached hydrogens (tertiary/aromatic N) is 3. The van der Waals surface area contributed by atoms with Crippen molar-refractivity contribution in [2.24, 2.45) is 7.05 Å². The highest BCUT2D eigenvalue weighted by Gasteiger charge is 2.09. The van der Waals surface area contributed by atoms with E-state index in [9.17, 15) is 4.79 Å². The minimum Gasteiger partial charge on any atom is -0.338 e. The molecule has 0 fully saturated rings. The van der Waals surface area contributed by atoms with Gasteiger partial charge in [-0.25, -0.2) is 0 Å². The first kappa shape index (κ1) is 16.3. The van der Waals surface area contributed by atoms with E-state index < -0.39 is 0 Å². The van der Waals surface area contributed by atoms with Gasteiger partial charge in [-0.05, 0) is 37.6 Å². The van der Waals surface area contributed by atoms with E-state index in [2.05, 4.69) is 5.10 Å². The lowest BCUT2D eigenvalue weighted by Crippen LogP contribution is -2.24. The molecule has 116 valence electrons. The van der Waals surface area contributed by atoms with Crippen molar-refractivity contribution in [2.45, 2.75) is 20.4 Å². The first-order valence-corrected chi connectivity index (χ1v) is 7.44. The van der Waals surface area contributed by atoms with E-state index in [-0.39, 0.29) is 5.91 Å². The SMILES string of the molecule is Cc1nn(C)c(C)c1/C=C/C(=O)N(C)Cc1ccc(Cl)cc1. The van der Waals surface area contributed by atoms with Crippen LogP contribution in [-0.4, -0.2) is 27.6 Å². The van der Waals surface area contributed by atoms with Crippen LogP contribution >= 0.6 is 11.6 Å². The van der Waals surface area contributed by atoms with E-state index in [1.54, 1.807) is 18.0 Å². The van der Waals surface area contributed by atoms with E-state index in [1.807, 2.05) is 55.9 Å². The molecule has 1 aromatic carbocycles. The van der Waals surface area contributed by atoms with Crippen molar-refractivity contribution in [3.05, 3.63) is 57.9 Å². The van der Waals surface area contributed by atoms with Gasteiger partial charge in [0.05, 0.1) is 5.69 Å². The first-order valence-electron chi connectivity index (χ1n) is 7.06. The van der Waals surface area contributed by atoms with Gasteiger partial charge in [0.15, 0.2) is 0 Å². The highest BCUT2D eigenvalue weighted by molar-refractivity contribution is 6.30. The summed E-state index contributed by atoms with van der Waals surface area (Å²) in [6, 6.07) is 7.50. The number of benzene rings is 1. The predicted molar refractivity (Wildman–Crippen MR) is 89.6 cm³/mol. The Kier molecular flexibility index (Phi) is 5.03. The smallest absolute Gasteiger partial charge is 0.246 e. The molecule has 1 aromatic heterocycles. The second kappa shape index (κ2) is 6.79. The van der Waals surface area contributed by atoms with Gasteiger partial charge >= 0.3 is 0 Å². The van der Waals surface area contributed by atoms with Crippen LogP contribution in [0.5, 0.6) is 0 Å². The Hall–Kier alpha value is -2.07. The largest absolute Gasteiger partial charge is 0.338 e. The molecule has 0 aliphatic rings. The standard InChI is InChI=1S/C17H20ClN3O/c1-12-16(13(2)21(4)19-12)9-10-17(22)20(3)11-14-5-7-15(18)8-6-14/h5-10H,11H2,1-4H3/b10-9+. The van der Waals surface area contributed by atoms with E-state index in [1.165, 1.54) is 0 Å².